The molecular weight excluding hydrogens is 328 g/mol. The van der Waals surface area contributed by atoms with E-state index in [4.69, 9.17) is 4.74 Å². The minimum Gasteiger partial charge on any atom is -0.379 e. The molecule has 1 saturated heterocycles. The fourth-order valence-corrected chi connectivity index (χ4v) is 3.40. The SMILES string of the molecule is O=C(NC[C@H](c1cccnc1)N1CCOCC1)c1ccc2cc[nH]c2c1. The molecule has 3 heterocycles. The number of fused-ring (bicyclic) bond motifs is 1. The molecule has 0 radical (unpaired) electrons. The van der Waals surface area contributed by atoms with Crippen molar-refractivity contribution in [1.82, 2.24) is 20.2 Å². The summed E-state index contributed by atoms with van der Waals surface area (Å²) in [6, 6.07) is 11.8. The maximum atomic E-state index is 12.6. The van der Waals surface area contributed by atoms with Crippen LogP contribution in [0.1, 0.15) is 22.0 Å². The van der Waals surface area contributed by atoms with E-state index < -0.39 is 0 Å². The maximum absolute atomic E-state index is 12.6. The molecule has 1 aliphatic rings. The van der Waals surface area contributed by atoms with Gasteiger partial charge in [0.2, 0.25) is 0 Å². The van der Waals surface area contributed by atoms with E-state index >= 15 is 0 Å². The third kappa shape index (κ3) is 3.61. The van der Waals surface area contributed by atoms with Crippen LogP contribution in [-0.4, -0.2) is 53.6 Å². The van der Waals surface area contributed by atoms with Crippen molar-refractivity contribution in [2.45, 2.75) is 6.04 Å². The minimum atomic E-state index is -0.0661. The van der Waals surface area contributed by atoms with Crippen LogP contribution in [0.4, 0.5) is 0 Å². The number of amides is 1. The lowest BCUT2D eigenvalue weighted by Gasteiger charge is -2.34. The van der Waals surface area contributed by atoms with E-state index in [0.717, 1.165) is 29.6 Å². The van der Waals surface area contributed by atoms with E-state index in [1.807, 2.05) is 42.7 Å². The lowest BCUT2D eigenvalue weighted by molar-refractivity contribution is 0.0161. The molecule has 4 rings (SSSR count). The number of ether oxygens (including phenoxy) is 1. The molecule has 1 atom stereocenters. The summed E-state index contributed by atoms with van der Waals surface area (Å²) in [6.45, 7) is 3.67. The minimum absolute atomic E-state index is 0.0661. The van der Waals surface area contributed by atoms with E-state index in [2.05, 4.69) is 26.3 Å². The predicted molar refractivity (Wildman–Crippen MR) is 100 cm³/mol. The molecule has 0 unspecified atom stereocenters. The number of H-pyrrole nitrogens is 1. The molecule has 134 valence electrons. The maximum Gasteiger partial charge on any atom is 0.251 e. The predicted octanol–water partition coefficient (Wildman–Crippen LogP) is 2.37. The van der Waals surface area contributed by atoms with Crippen molar-refractivity contribution >= 4 is 16.8 Å². The molecule has 26 heavy (non-hydrogen) atoms. The number of nitrogens with one attached hydrogen (secondary N) is 2. The molecule has 2 aromatic heterocycles. The van der Waals surface area contributed by atoms with Gasteiger partial charge in [-0.1, -0.05) is 12.1 Å². The van der Waals surface area contributed by atoms with Crippen molar-refractivity contribution in [3.8, 4) is 0 Å². The van der Waals surface area contributed by atoms with Gasteiger partial charge >= 0.3 is 0 Å². The lowest BCUT2D eigenvalue weighted by Crippen LogP contribution is -2.43. The lowest BCUT2D eigenvalue weighted by atomic mass is 10.1. The van der Waals surface area contributed by atoms with Crippen LogP contribution in [0.3, 0.4) is 0 Å². The topological polar surface area (TPSA) is 70.2 Å². The van der Waals surface area contributed by atoms with Gasteiger partial charge in [0.1, 0.15) is 0 Å². The number of aromatic amines is 1. The van der Waals surface area contributed by atoms with Gasteiger partial charge in [-0.05, 0) is 35.2 Å². The molecule has 0 aliphatic carbocycles. The average molecular weight is 350 g/mol. The second-order valence-electron chi connectivity index (χ2n) is 6.44. The Hall–Kier alpha value is -2.70. The Kier molecular flexibility index (Phi) is 4.95. The van der Waals surface area contributed by atoms with E-state index in [9.17, 15) is 4.79 Å². The molecule has 0 bridgehead atoms. The van der Waals surface area contributed by atoms with E-state index in [1.165, 1.54) is 0 Å². The van der Waals surface area contributed by atoms with Gasteiger partial charge in [0, 0.05) is 49.3 Å². The summed E-state index contributed by atoms with van der Waals surface area (Å²) in [4.78, 5) is 22.4. The molecule has 6 nitrogen and oxygen atoms in total. The number of hydrogen-bond acceptors (Lipinski definition) is 4. The van der Waals surface area contributed by atoms with Crippen molar-refractivity contribution in [2.75, 3.05) is 32.8 Å². The molecule has 0 saturated carbocycles. The zero-order valence-corrected chi connectivity index (χ0v) is 14.5. The monoisotopic (exact) mass is 350 g/mol. The molecule has 6 heteroatoms. The number of benzene rings is 1. The summed E-state index contributed by atoms with van der Waals surface area (Å²) in [6.07, 6.45) is 5.52. The highest BCUT2D eigenvalue weighted by Gasteiger charge is 2.23. The van der Waals surface area contributed by atoms with Crippen LogP contribution in [0.5, 0.6) is 0 Å². The second kappa shape index (κ2) is 7.68. The van der Waals surface area contributed by atoms with Crippen LogP contribution < -0.4 is 5.32 Å². The Morgan fingerprint density at radius 1 is 1.27 bits per heavy atom. The summed E-state index contributed by atoms with van der Waals surface area (Å²) in [7, 11) is 0. The standard InChI is InChI=1S/C20H22N4O2/c25-20(16-4-3-15-5-7-22-18(15)12-16)23-14-19(17-2-1-6-21-13-17)24-8-10-26-11-9-24/h1-7,12-13,19,22H,8-11,14H2,(H,23,25)/t19-/m1/s1. The Balaban J connectivity index is 1.49. The van der Waals surface area contributed by atoms with E-state index in [-0.39, 0.29) is 11.9 Å². The highest BCUT2D eigenvalue weighted by atomic mass is 16.5. The van der Waals surface area contributed by atoms with Gasteiger partial charge in [0.25, 0.3) is 5.91 Å². The van der Waals surface area contributed by atoms with Crippen LogP contribution in [0, 0.1) is 0 Å². The van der Waals surface area contributed by atoms with Gasteiger partial charge in [0.05, 0.1) is 19.3 Å². The molecule has 1 amide bonds. The first-order valence-electron chi connectivity index (χ1n) is 8.88. The molecule has 1 aromatic carbocycles. The number of carbonyl (C=O) groups excluding carboxylic acids is 1. The zero-order chi connectivity index (χ0) is 17.8. The Labute approximate surface area is 152 Å². The number of nitrogens with zero attached hydrogens (tertiary/aromatic N) is 2. The average Bonchev–Trinajstić information content (AvgIpc) is 3.17. The Morgan fingerprint density at radius 3 is 2.96 bits per heavy atom. The van der Waals surface area contributed by atoms with Gasteiger partial charge in [0.15, 0.2) is 0 Å². The van der Waals surface area contributed by atoms with Crippen LogP contribution in [0.2, 0.25) is 0 Å². The molecule has 2 N–H and O–H groups in total. The van der Waals surface area contributed by atoms with Gasteiger partial charge < -0.3 is 15.0 Å². The molecular formula is C20H22N4O2. The van der Waals surface area contributed by atoms with Crippen molar-refractivity contribution in [3.05, 3.63) is 66.1 Å². The van der Waals surface area contributed by atoms with Gasteiger partial charge in [-0.3, -0.25) is 14.7 Å². The van der Waals surface area contributed by atoms with Gasteiger partial charge in [-0.25, -0.2) is 0 Å². The normalized spacial score (nSPS) is 16.5. The van der Waals surface area contributed by atoms with Crippen molar-refractivity contribution in [2.24, 2.45) is 0 Å². The highest BCUT2D eigenvalue weighted by Crippen LogP contribution is 2.21. The zero-order valence-electron chi connectivity index (χ0n) is 14.5. The number of aromatic nitrogens is 2. The van der Waals surface area contributed by atoms with E-state index in [0.29, 0.717) is 25.3 Å². The first-order valence-corrected chi connectivity index (χ1v) is 8.88. The third-order valence-electron chi connectivity index (χ3n) is 4.83. The molecule has 1 aliphatic heterocycles. The largest absolute Gasteiger partial charge is 0.379 e. The number of pyridine rings is 1. The van der Waals surface area contributed by atoms with Crippen LogP contribution in [0.25, 0.3) is 10.9 Å². The first-order chi connectivity index (χ1) is 12.8. The number of rotatable bonds is 5. The summed E-state index contributed by atoms with van der Waals surface area (Å²) in [5.74, 6) is -0.0661. The quantitative estimate of drug-likeness (QED) is 0.741. The van der Waals surface area contributed by atoms with Gasteiger partial charge in [-0.15, -0.1) is 0 Å². The summed E-state index contributed by atoms with van der Waals surface area (Å²) < 4.78 is 5.47. The van der Waals surface area contributed by atoms with E-state index in [1.54, 1.807) is 6.20 Å². The fraction of sp³-hybridized carbons (Fsp3) is 0.300. The number of carbonyl (C=O) groups is 1. The van der Waals surface area contributed by atoms with Gasteiger partial charge in [-0.2, -0.15) is 0 Å². The van der Waals surface area contributed by atoms with Crippen LogP contribution >= 0.6 is 0 Å². The number of morpholine rings is 1. The number of hydrogen-bond donors (Lipinski definition) is 2. The fourth-order valence-electron chi connectivity index (χ4n) is 3.40. The van der Waals surface area contributed by atoms with Crippen LogP contribution in [-0.2, 0) is 4.74 Å². The Bertz CT molecular complexity index is 872. The van der Waals surface area contributed by atoms with Crippen LogP contribution in [0.15, 0.2) is 55.0 Å². The van der Waals surface area contributed by atoms with Crippen molar-refractivity contribution in [3.63, 3.8) is 0 Å². The molecule has 0 spiro atoms. The third-order valence-corrected chi connectivity index (χ3v) is 4.83. The van der Waals surface area contributed by atoms with Crippen molar-refractivity contribution < 1.29 is 9.53 Å². The summed E-state index contributed by atoms with van der Waals surface area (Å²) >= 11 is 0. The summed E-state index contributed by atoms with van der Waals surface area (Å²) in [5, 5.41) is 4.19. The molecule has 3 aromatic rings. The van der Waals surface area contributed by atoms with Crippen molar-refractivity contribution in [1.29, 1.82) is 0 Å². The second-order valence-corrected chi connectivity index (χ2v) is 6.44. The smallest absolute Gasteiger partial charge is 0.251 e. The highest BCUT2D eigenvalue weighted by molar-refractivity contribution is 5.97. The Morgan fingerprint density at radius 2 is 2.15 bits per heavy atom. The summed E-state index contributed by atoms with van der Waals surface area (Å²) in [5.41, 5.74) is 2.73. The molecule has 1 fully saturated rings. The first kappa shape index (κ1) is 16.8.